The van der Waals surface area contributed by atoms with Gasteiger partial charge in [0.05, 0.1) is 0 Å². The smallest absolute Gasteiger partial charge is 0.228 e. The van der Waals surface area contributed by atoms with Crippen molar-refractivity contribution in [3.05, 3.63) is 0 Å². The van der Waals surface area contributed by atoms with Crippen LogP contribution in [0.3, 0.4) is 0 Å². The van der Waals surface area contributed by atoms with Crippen LogP contribution in [0, 0.1) is 17.3 Å². The van der Waals surface area contributed by atoms with Crippen LogP contribution in [0.4, 0.5) is 0 Å². The first-order valence-corrected chi connectivity index (χ1v) is 7.75. The maximum absolute atomic E-state index is 12.7. The van der Waals surface area contributed by atoms with E-state index >= 15 is 0 Å². The van der Waals surface area contributed by atoms with E-state index in [1.54, 1.807) is 0 Å². The molecule has 2 aliphatic heterocycles. The first-order chi connectivity index (χ1) is 8.75. The molecule has 3 heteroatoms. The summed E-state index contributed by atoms with van der Waals surface area (Å²) in [6.07, 6.45) is 6.98. The van der Waals surface area contributed by atoms with Gasteiger partial charge in [0.25, 0.3) is 0 Å². The first-order valence-electron chi connectivity index (χ1n) is 7.75. The predicted octanol–water partition coefficient (Wildman–Crippen LogP) is 2.02. The van der Waals surface area contributed by atoms with Crippen molar-refractivity contribution in [1.82, 2.24) is 10.2 Å². The van der Waals surface area contributed by atoms with E-state index in [0.29, 0.717) is 5.91 Å². The van der Waals surface area contributed by atoms with Crippen molar-refractivity contribution < 1.29 is 4.79 Å². The van der Waals surface area contributed by atoms with Gasteiger partial charge in [-0.1, -0.05) is 13.3 Å². The van der Waals surface area contributed by atoms with E-state index in [1.165, 1.54) is 32.4 Å². The Bertz CT molecular complexity index is 305. The maximum atomic E-state index is 12.7. The predicted molar refractivity (Wildman–Crippen MR) is 72.2 cm³/mol. The molecule has 3 rings (SSSR count). The van der Waals surface area contributed by atoms with Crippen LogP contribution in [-0.4, -0.2) is 37.0 Å². The van der Waals surface area contributed by atoms with Gasteiger partial charge in [0.15, 0.2) is 0 Å². The normalized spacial score (nSPS) is 34.6. The van der Waals surface area contributed by atoms with Gasteiger partial charge < -0.3 is 10.2 Å². The van der Waals surface area contributed by atoms with Crippen LogP contribution in [0.2, 0.25) is 0 Å². The van der Waals surface area contributed by atoms with Crippen LogP contribution in [-0.2, 0) is 4.79 Å². The number of hydrogen-bond acceptors (Lipinski definition) is 2. The van der Waals surface area contributed by atoms with Crippen molar-refractivity contribution in [2.24, 2.45) is 17.3 Å². The number of hydrogen-bond donors (Lipinski definition) is 1. The number of carbonyl (C=O) groups excluding carboxylic acids is 1. The third-order valence-corrected chi connectivity index (χ3v) is 5.75. The average molecular weight is 250 g/mol. The van der Waals surface area contributed by atoms with E-state index in [1.807, 2.05) is 0 Å². The summed E-state index contributed by atoms with van der Waals surface area (Å²) >= 11 is 0. The molecule has 1 amide bonds. The molecule has 0 radical (unpaired) electrons. The fourth-order valence-corrected chi connectivity index (χ4v) is 4.08. The van der Waals surface area contributed by atoms with Gasteiger partial charge in [-0.05, 0) is 57.0 Å². The second kappa shape index (κ2) is 4.84. The largest absolute Gasteiger partial charge is 0.342 e. The lowest BCUT2D eigenvalue weighted by molar-refractivity contribution is -0.147. The number of rotatable bonds is 2. The zero-order valence-electron chi connectivity index (χ0n) is 11.6. The SMILES string of the molecule is CCC1(C(=O)N2CC[C@@H]3CNC[C@@H]3CC2)CCC1. The number of carbonyl (C=O) groups is 1. The second-order valence-electron chi connectivity index (χ2n) is 6.54. The summed E-state index contributed by atoms with van der Waals surface area (Å²) in [6.45, 7) is 6.54. The van der Waals surface area contributed by atoms with Crippen molar-refractivity contribution >= 4 is 5.91 Å². The van der Waals surface area contributed by atoms with Gasteiger partial charge in [0.1, 0.15) is 0 Å². The van der Waals surface area contributed by atoms with E-state index in [0.717, 1.165) is 44.2 Å². The molecule has 0 aromatic heterocycles. The number of nitrogens with one attached hydrogen (secondary N) is 1. The summed E-state index contributed by atoms with van der Waals surface area (Å²) < 4.78 is 0. The van der Waals surface area contributed by atoms with Gasteiger partial charge in [0, 0.05) is 18.5 Å². The first kappa shape index (κ1) is 12.5. The van der Waals surface area contributed by atoms with Crippen LogP contribution in [0.1, 0.15) is 45.4 Å². The third kappa shape index (κ3) is 1.97. The average Bonchev–Trinajstić information content (AvgIpc) is 2.67. The molecule has 2 saturated heterocycles. The summed E-state index contributed by atoms with van der Waals surface area (Å²) in [5.41, 5.74) is 0.0394. The summed E-state index contributed by atoms with van der Waals surface area (Å²) in [7, 11) is 0. The van der Waals surface area contributed by atoms with Gasteiger partial charge in [0.2, 0.25) is 5.91 Å². The molecule has 2 atom stereocenters. The Morgan fingerprint density at radius 2 is 1.83 bits per heavy atom. The number of amides is 1. The summed E-state index contributed by atoms with van der Waals surface area (Å²) in [5, 5.41) is 3.50. The molecule has 0 bridgehead atoms. The molecule has 1 N–H and O–H groups in total. The second-order valence-corrected chi connectivity index (χ2v) is 6.54. The van der Waals surface area contributed by atoms with Crippen LogP contribution in [0.25, 0.3) is 0 Å². The fraction of sp³-hybridized carbons (Fsp3) is 0.933. The zero-order chi connectivity index (χ0) is 12.6. The highest BCUT2D eigenvalue weighted by molar-refractivity contribution is 5.83. The molecule has 1 saturated carbocycles. The Labute approximate surface area is 110 Å². The van der Waals surface area contributed by atoms with E-state index in [9.17, 15) is 4.79 Å². The van der Waals surface area contributed by atoms with Crippen molar-refractivity contribution in [1.29, 1.82) is 0 Å². The molecule has 3 aliphatic rings. The lowest BCUT2D eigenvalue weighted by Gasteiger charge is -2.43. The highest BCUT2D eigenvalue weighted by Gasteiger charge is 2.45. The molecule has 18 heavy (non-hydrogen) atoms. The molecule has 2 heterocycles. The van der Waals surface area contributed by atoms with Crippen LogP contribution < -0.4 is 5.32 Å². The Morgan fingerprint density at radius 1 is 1.22 bits per heavy atom. The number of fused-ring (bicyclic) bond motifs is 1. The maximum Gasteiger partial charge on any atom is 0.228 e. The fourth-order valence-electron chi connectivity index (χ4n) is 4.08. The van der Waals surface area contributed by atoms with Crippen LogP contribution in [0.15, 0.2) is 0 Å². The lowest BCUT2D eigenvalue weighted by atomic mass is 9.66. The Hall–Kier alpha value is -0.570. The van der Waals surface area contributed by atoms with Crippen LogP contribution >= 0.6 is 0 Å². The Morgan fingerprint density at radius 3 is 2.28 bits per heavy atom. The quantitative estimate of drug-likeness (QED) is 0.813. The van der Waals surface area contributed by atoms with Crippen molar-refractivity contribution in [2.45, 2.75) is 45.4 Å². The van der Waals surface area contributed by atoms with Gasteiger partial charge in [-0.15, -0.1) is 0 Å². The minimum absolute atomic E-state index is 0.0394. The summed E-state index contributed by atoms with van der Waals surface area (Å²) in [6, 6.07) is 0. The molecular weight excluding hydrogens is 224 g/mol. The molecule has 3 fully saturated rings. The van der Waals surface area contributed by atoms with Crippen molar-refractivity contribution in [2.75, 3.05) is 26.2 Å². The standard InChI is InChI=1S/C15H26N2O/c1-2-15(6-3-7-15)14(18)17-8-4-12-10-16-11-13(12)5-9-17/h12-13,16H,2-11H2,1H3/t12-,13+. The Balaban J connectivity index is 1.64. The van der Waals surface area contributed by atoms with Gasteiger partial charge in [-0.25, -0.2) is 0 Å². The molecule has 3 nitrogen and oxygen atoms in total. The molecule has 1 aliphatic carbocycles. The van der Waals surface area contributed by atoms with E-state index in [-0.39, 0.29) is 5.41 Å². The molecule has 102 valence electrons. The van der Waals surface area contributed by atoms with Crippen molar-refractivity contribution in [3.8, 4) is 0 Å². The van der Waals surface area contributed by atoms with E-state index < -0.39 is 0 Å². The monoisotopic (exact) mass is 250 g/mol. The Kier molecular flexibility index (Phi) is 3.35. The van der Waals surface area contributed by atoms with E-state index in [4.69, 9.17) is 0 Å². The molecule has 0 spiro atoms. The van der Waals surface area contributed by atoms with Gasteiger partial charge in [-0.2, -0.15) is 0 Å². The summed E-state index contributed by atoms with van der Waals surface area (Å²) in [5.74, 6) is 2.12. The third-order valence-electron chi connectivity index (χ3n) is 5.75. The molecular formula is C15H26N2O. The van der Waals surface area contributed by atoms with Crippen molar-refractivity contribution in [3.63, 3.8) is 0 Å². The molecule has 0 aromatic rings. The minimum atomic E-state index is 0.0394. The lowest BCUT2D eigenvalue weighted by Crippen LogP contribution is -2.48. The number of nitrogens with zero attached hydrogens (tertiary/aromatic N) is 1. The molecule has 0 unspecified atom stereocenters. The van der Waals surface area contributed by atoms with Crippen LogP contribution in [0.5, 0.6) is 0 Å². The van der Waals surface area contributed by atoms with Gasteiger partial charge >= 0.3 is 0 Å². The summed E-state index contributed by atoms with van der Waals surface area (Å²) in [4.78, 5) is 14.9. The highest BCUT2D eigenvalue weighted by atomic mass is 16.2. The molecule has 0 aromatic carbocycles. The zero-order valence-corrected chi connectivity index (χ0v) is 11.6. The van der Waals surface area contributed by atoms with E-state index in [2.05, 4.69) is 17.1 Å². The highest BCUT2D eigenvalue weighted by Crippen LogP contribution is 2.45. The topological polar surface area (TPSA) is 32.3 Å². The number of likely N-dealkylation sites (tertiary alicyclic amines) is 1. The minimum Gasteiger partial charge on any atom is -0.342 e. The van der Waals surface area contributed by atoms with Gasteiger partial charge in [-0.3, -0.25) is 4.79 Å².